The Balaban J connectivity index is 2.13. The largest absolute Gasteiger partial charge is 0.417 e. The lowest BCUT2D eigenvalue weighted by molar-refractivity contribution is -0.137. The summed E-state index contributed by atoms with van der Waals surface area (Å²) >= 11 is 5.83. The van der Waals surface area contributed by atoms with Gasteiger partial charge >= 0.3 is 6.18 Å². The van der Waals surface area contributed by atoms with E-state index in [0.29, 0.717) is 6.54 Å². The van der Waals surface area contributed by atoms with Gasteiger partial charge in [0.05, 0.1) is 16.3 Å². The fourth-order valence-corrected chi connectivity index (χ4v) is 2.16. The average Bonchev–Trinajstić information content (AvgIpc) is 2.76. The van der Waals surface area contributed by atoms with Crippen molar-refractivity contribution in [2.24, 2.45) is 7.05 Å². The number of aromatic nitrogens is 3. The first-order valence-electron chi connectivity index (χ1n) is 6.29. The Labute approximate surface area is 124 Å². The molecule has 0 amide bonds. The normalized spacial score (nSPS) is 11.7. The summed E-state index contributed by atoms with van der Waals surface area (Å²) in [4.78, 5) is 3.73. The lowest BCUT2D eigenvalue weighted by atomic mass is 10.2. The van der Waals surface area contributed by atoms with Crippen molar-refractivity contribution in [1.82, 2.24) is 14.8 Å². The lowest BCUT2D eigenvalue weighted by Crippen LogP contribution is -2.08. The molecule has 0 bridgehead atoms. The highest BCUT2D eigenvalue weighted by Crippen LogP contribution is 2.32. The summed E-state index contributed by atoms with van der Waals surface area (Å²) in [6, 6.07) is 0.862. The van der Waals surface area contributed by atoms with Gasteiger partial charge < -0.3 is 5.32 Å². The Bertz CT molecular complexity index is 637. The molecule has 21 heavy (non-hydrogen) atoms. The Morgan fingerprint density at radius 2 is 2.10 bits per heavy atom. The van der Waals surface area contributed by atoms with E-state index < -0.39 is 11.7 Å². The second kappa shape index (κ2) is 5.93. The number of alkyl halides is 3. The summed E-state index contributed by atoms with van der Waals surface area (Å²) in [6.45, 7) is 2.38. The predicted octanol–water partition coefficient (Wildman–Crippen LogP) is 3.66. The molecule has 8 heteroatoms. The van der Waals surface area contributed by atoms with Crippen LogP contribution in [0.4, 0.5) is 19.0 Å². The van der Waals surface area contributed by atoms with E-state index in [-0.39, 0.29) is 10.8 Å². The van der Waals surface area contributed by atoms with Gasteiger partial charge in [0.2, 0.25) is 0 Å². The van der Waals surface area contributed by atoms with Crippen molar-refractivity contribution < 1.29 is 13.2 Å². The van der Waals surface area contributed by atoms with Crippen molar-refractivity contribution in [2.45, 2.75) is 26.1 Å². The van der Waals surface area contributed by atoms with Gasteiger partial charge in [0, 0.05) is 31.5 Å². The van der Waals surface area contributed by atoms with Crippen molar-refractivity contribution in [2.75, 3.05) is 5.32 Å². The molecule has 0 saturated carbocycles. The smallest absolute Gasteiger partial charge is 0.365 e. The predicted molar refractivity (Wildman–Crippen MR) is 74.2 cm³/mol. The van der Waals surface area contributed by atoms with Crippen LogP contribution in [-0.4, -0.2) is 14.8 Å². The molecule has 0 aliphatic heterocycles. The maximum absolute atomic E-state index is 12.5. The van der Waals surface area contributed by atoms with E-state index in [9.17, 15) is 13.2 Å². The Kier molecular flexibility index (Phi) is 4.41. The van der Waals surface area contributed by atoms with Gasteiger partial charge in [0.25, 0.3) is 0 Å². The maximum Gasteiger partial charge on any atom is 0.417 e. The van der Waals surface area contributed by atoms with Crippen LogP contribution in [0.25, 0.3) is 0 Å². The molecular weight excluding hydrogens is 305 g/mol. The van der Waals surface area contributed by atoms with Gasteiger partial charge in [-0.3, -0.25) is 4.68 Å². The topological polar surface area (TPSA) is 42.7 Å². The number of nitrogens with zero attached hydrogens (tertiary/aromatic N) is 3. The highest BCUT2D eigenvalue weighted by atomic mass is 35.5. The van der Waals surface area contributed by atoms with Gasteiger partial charge in [-0.2, -0.15) is 18.3 Å². The van der Waals surface area contributed by atoms with E-state index >= 15 is 0 Å². The number of hydrogen-bond acceptors (Lipinski definition) is 3. The first kappa shape index (κ1) is 15.6. The third-order valence-electron chi connectivity index (χ3n) is 2.94. The number of rotatable bonds is 4. The average molecular weight is 319 g/mol. The number of hydrogen-bond donors (Lipinski definition) is 1. The molecule has 2 aromatic rings. The van der Waals surface area contributed by atoms with E-state index in [1.54, 1.807) is 4.68 Å². The first-order chi connectivity index (χ1) is 9.81. The van der Waals surface area contributed by atoms with Gasteiger partial charge in [0.1, 0.15) is 5.82 Å². The van der Waals surface area contributed by atoms with Crippen molar-refractivity contribution >= 4 is 17.4 Å². The fourth-order valence-electron chi connectivity index (χ4n) is 1.93. The van der Waals surface area contributed by atoms with Crippen molar-refractivity contribution in [3.63, 3.8) is 0 Å². The van der Waals surface area contributed by atoms with Gasteiger partial charge in [-0.15, -0.1) is 0 Å². The number of anilines is 1. The molecule has 0 aliphatic rings. The van der Waals surface area contributed by atoms with Crippen LogP contribution in [0.3, 0.4) is 0 Å². The van der Waals surface area contributed by atoms with Crippen LogP contribution in [0.2, 0.25) is 5.02 Å². The zero-order chi connectivity index (χ0) is 15.6. The molecule has 0 spiro atoms. The monoisotopic (exact) mass is 318 g/mol. The van der Waals surface area contributed by atoms with Crippen LogP contribution in [0.1, 0.15) is 23.7 Å². The van der Waals surface area contributed by atoms with Crippen LogP contribution >= 0.6 is 11.6 Å². The molecule has 0 fully saturated rings. The summed E-state index contributed by atoms with van der Waals surface area (Å²) < 4.78 is 39.3. The van der Waals surface area contributed by atoms with Gasteiger partial charge in [-0.1, -0.05) is 18.5 Å². The zero-order valence-electron chi connectivity index (χ0n) is 11.5. The fraction of sp³-hybridized carbons (Fsp3) is 0.385. The molecule has 0 radical (unpaired) electrons. The summed E-state index contributed by atoms with van der Waals surface area (Å²) in [5, 5.41) is 7.15. The standard InChI is InChI=1S/C13H14ClF3N4/c1-3-11-8(7-21(2)20-11)5-18-12-10(14)4-9(6-19-12)13(15,16)17/h4,6-7H,3,5H2,1-2H3,(H,18,19). The molecule has 0 atom stereocenters. The molecule has 1 N–H and O–H groups in total. The van der Waals surface area contributed by atoms with E-state index in [1.165, 1.54) is 0 Å². The molecule has 2 heterocycles. The minimum absolute atomic E-state index is 0.0632. The van der Waals surface area contributed by atoms with Crippen LogP contribution in [0.15, 0.2) is 18.5 Å². The SMILES string of the molecule is CCc1nn(C)cc1CNc1ncc(C(F)(F)F)cc1Cl. The highest BCUT2D eigenvalue weighted by Gasteiger charge is 2.31. The molecule has 0 saturated heterocycles. The molecular formula is C13H14ClF3N4. The van der Waals surface area contributed by atoms with Gasteiger partial charge in [-0.05, 0) is 12.5 Å². The van der Waals surface area contributed by atoms with E-state index in [1.807, 2.05) is 20.2 Å². The quantitative estimate of drug-likeness (QED) is 0.935. The molecule has 0 aliphatic carbocycles. The first-order valence-corrected chi connectivity index (χ1v) is 6.67. The Morgan fingerprint density at radius 3 is 2.67 bits per heavy atom. The third-order valence-corrected chi connectivity index (χ3v) is 3.23. The lowest BCUT2D eigenvalue weighted by Gasteiger charge is -2.10. The Hall–Kier alpha value is -1.76. The van der Waals surface area contributed by atoms with E-state index in [2.05, 4.69) is 15.4 Å². The second-order valence-corrected chi connectivity index (χ2v) is 4.94. The number of halogens is 4. The van der Waals surface area contributed by atoms with Crippen LogP contribution < -0.4 is 5.32 Å². The van der Waals surface area contributed by atoms with Crippen molar-refractivity contribution in [3.05, 3.63) is 40.3 Å². The highest BCUT2D eigenvalue weighted by molar-refractivity contribution is 6.32. The third kappa shape index (κ3) is 3.66. The molecule has 2 rings (SSSR count). The van der Waals surface area contributed by atoms with Gasteiger partial charge in [0.15, 0.2) is 0 Å². The van der Waals surface area contributed by atoms with Gasteiger partial charge in [-0.25, -0.2) is 4.98 Å². The summed E-state index contributed by atoms with van der Waals surface area (Å²) in [5.74, 6) is 0.218. The van der Waals surface area contributed by atoms with Crippen molar-refractivity contribution in [3.8, 4) is 0 Å². The molecule has 0 aromatic carbocycles. The molecule has 0 unspecified atom stereocenters. The summed E-state index contributed by atoms with van der Waals surface area (Å²) in [7, 11) is 1.81. The van der Waals surface area contributed by atoms with E-state index in [4.69, 9.17) is 11.6 Å². The minimum atomic E-state index is -4.45. The summed E-state index contributed by atoms with van der Waals surface area (Å²) in [5.41, 5.74) is 1.01. The second-order valence-electron chi connectivity index (χ2n) is 4.53. The summed E-state index contributed by atoms with van der Waals surface area (Å²) in [6.07, 6.45) is -1.07. The number of aryl methyl sites for hydroxylation is 2. The zero-order valence-corrected chi connectivity index (χ0v) is 12.3. The molecule has 4 nitrogen and oxygen atoms in total. The van der Waals surface area contributed by atoms with Crippen molar-refractivity contribution in [1.29, 1.82) is 0 Å². The minimum Gasteiger partial charge on any atom is -0.365 e. The maximum atomic E-state index is 12.5. The van der Waals surface area contributed by atoms with Crippen LogP contribution in [-0.2, 0) is 26.2 Å². The molecule has 114 valence electrons. The van der Waals surface area contributed by atoms with Crippen LogP contribution in [0.5, 0.6) is 0 Å². The van der Waals surface area contributed by atoms with Crippen LogP contribution in [0, 0.1) is 0 Å². The number of nitrogens with one attached hydrogen (secondary N) is 1. The van der Waals surface area contributed by atoms with E-state index in [0.717, 1.165) is 29.9 Å². The molecule has 2 aromatic heterocycles. The number of pyridine rings is 1. The Morgan fingerprint density at radius 1 is 1.38 bits per heavy atom.